The van der Waals surface area contributed by atoms with Crippen molar-refractivity contribution in [1.82, 2.24) is 0 Å². The second-order valence-electron chi connectivity index (χ2n) is 2.95. The lowest BCUT2D eigenvalue weighted by Gasteiger charge is -2.07. The van der Waals surface area contributed by atoms with Crippen molar-refractivity contribution in [3.8, 4) is 0 Å². The summed E-state index contributed by atoms with van der Waals surface area (Å²) in [6.45, 7) is 0.226. The number of esters is 1. The molecule has 6 heteroatoms. The van der Waals surface area contributed by atoms with Gasteiger partial charge in [0.15, 0.2) is 0 Å². The van der Waals surface area contributed by atoms with E-state index in [0.29, 0.717) is 5.56 Å². The summed E-state index contributed by atoms with van der Waals surface area (Å²) >= 11 is 0. The molecule has 4 nitrogen and oxygen atoms in total. The summed E-state index contributed by atoms with van der Waals surface area (Å²) in [7, 11) is 1.28. The number of anilines is 1. The number of carbonyl (C=O) groups excluding carboxylic acids is 1. The van der Waals surface area contributed by atoms with E-state index in [9.17, 15) is 9.18 Å². The van der Waals surface area contributed by atoms with Crippen LogP contribution < -0.4 is 11.1 Å². The predicted octanol–water partition coefficient (Wildman–Crippen LogP) is 1.29. The van der Waals surface area contributed by atoms with Gasteiger partial charge in [0, 0.05) is 6.54 Å². The molecule has 16 heavy (non-hydrogen) atoms. The van der Waals surface area contributed by atoms with Crippen molar-refractivity contribution in [2.75, 3.05) is 19.0 Å². The number of carbonyl (C=O) groups is 1. The highest BCUT2D eigenvalue weighted by Gasteiger charge is 2.05. The molecule has 0 atom stereocenters. The van der Waals surface area contributed by atoms with Gasteiger partial charge in [-0.1, -0.05) is 6.07 Å². The van der Waals surface area contributed by atoms with Crippen LogP contribution in [0.3, 0.4) is 0 Å². The first-order chi connectivity index (χ1) is 7.17. The van der Waals surface area contributed by atoms with E-state index in [2.05, 4.69) is 10.1 Å². The number of methoxy groups -OCH3 is 1. The first-order valence-electron chi connectivity index (χ1n) is 4.46. The van der Waals surface area contributed by atoms with Crippen molar-refractivity contribution in [2.24, 2.45) is 5.73 Å². The number of ether oxygens (including phenoxy) is 1. The minimum Gasteiger partial charge on any atom is -0.468 e. The van der Waals surface area contributed by atoms with Crippen LogP contribution >= 0.6 is 12.4 Å². The molecule has 0 aliphatic heterocycles. The van der Waals surface area contributed by atoms with Gasteiger partial charge in [0.1, 0.15) is 12.4 Å². The molecular formula is C10H14ClFN2O2. The van der Waals surface area contributed by atoms with Gasteiger partial charge in [0.2, 0.25) is 0 Å². The van der Waals surface area contributed by atoms with Crippen molar-refractivity contribution in [3.63, 3.8) is 0 Å². The van der Waals surface area contributed by atoms with E-state index in [4.69, 9.17) is 5.73 Å². The molecule has 0 aliphatic rings. The molecule has 0 amide bonds. The topological polar surface area (TPSA) is 64.3 Å². The predicted molar refractivity (Wildman–Crippen MR) is 62.0 cm³/mol. The molecule has 0 heterocycles. The third kappa shape index (κ3) is 4.04. The van der Waals surface area contributed by atoms with E-state index in [1.54, 1.807) is 12.1 Å². The lowest BCUT2D eigenvalue weighted by atomic mass is 10.2. The minimum absolute atomic E-state index is 0. The molecule has 0 saturated heterocycles. The molecule has 0 unspecified atom stereocenters. The third-order valence-electron chi connectivity index (χ3n) is 1.92. The molecule has 0 radical (unpaired) electrons. The lowest BCUT2D eigenvalue weighted by molar-refractivity contribution is -0.138. The quantitative estimate of drug-likeness (QED) is 0.789. The highest BCUT2D eigenvalue weighted by Crippen LogP contribution is 2.15. The Morgan fingerprint density at radius 1 is 1.56 bits per heavy atom. The van der Waals surface area contributed by atoms with Gasteiger partial charge in [0.25, 0.3) is 0 Å². The van der Waals surface area contributed by atoms with Gasteiger partial charge < -0.3 is 15.8 Å². The zero-order valence-electron chi connectivity index (χ0n) is 8.83. The van der Waals surface area contributed by atoms with Crippen LogP contribution in [0.1, 0.15) is 5.56 Å². The number of nitrogens with two attached hydrogens (primary N) is 1. The maximum Gasteiger partial charge on any atom is 0.325 e. The van der Waals surface area contributed by atoms with E-state index >= 15 is 0 Å². The number of halogens is 2. The van der Waals surface area contributed by atoms with Crippen LogP contribution in [0.2, 0.25) is 0 Å². The standard InChI is InChI=1S/C10H13FN2O2.ClH/c1-15-10(14)6-13-9-3-2-7(5-12)4-8(9)11;/h2-4,13H,5-6,12H2,1H3;1H. The SMILES string of the molecule is COC(=O)CNc1ccc(CN)cc1F.Cl. The number of hydrogen-bond acceptors (Lipinski definition) is 4. The molecule has 0 aromatic heterocycles. The monoisotopic (exact) mass is 248 g/mol. The number of rotatable bonds is 4. The van der Waals surface area contributed by atoms with Gasteiger partial charge in [-0.2, -0.15) is 0 Å². The van der Waals surface area contributed by atoms with Crippen LogP contribution in [0.15, 0.2) is 18.2 Å². The van der Waals surface area contributed by atoms with Crippen LogP contribution in [0.25, 0.3) is 0 Å². The van der Waals surface area contributed by atoms with E-state index in [-0.39, 0.29) is 31.2 Å². The van der Waals surface area contributed by atoms with Crippen LogP contribution in [0.5, 0.6) is 0 Å². The van der Waals surface area contributed by atoms with E-state index < -0.39 is 11.8 Å². The highest BCUT2D eigenvalue weighted by atomic mass is 35.5. The molecule has 0 saturated carbocycles. The number of hydrogen-bond donors (Lipinski definition) is 2. The van der Waals surface area contributed by atoms with Crippen molar-refractivity contribution in [2.45, 2.75) is 6.54 Å². The summed E-state index contributed by atoms with van der Waals surface area (Å²) in [6.07, 6.45) is 0. The Morgan fingerprint density at radius 2 is 2.25 bits per heavy atom. The smallest absolute Gasteiger partial charge is 0.325 e. The molecule has 1 aromatic carbocycles. The normalized spacial score (nSPS) is 9.19. The van der Waals surface area contributed by atoms with E-state index in [1.807, 2.05) is 0 Å². The Hall–Kier alpha value is -1.33. The van der Waals surface area contributed by atoms with Crippen LogP contribution in [-0.2, 0) is 16.1 Å². The summed E-state index contributed by atoms with van der Waals surface area (Å²) in [5.74, 6) is -0.876. The number of benzene rings is 1. The summed E-state index contributed by atoms with van der Waals surface area (Å²) < 4.78 is 17.7. The molecule has 90 valence electrons. The Balaban J connectivity index is 0.00000225. The molecular weight excluding hydrogens is 235 g/mol. The largest absolute Gasteiger partial charge is 0.468 e. The molecule has 3 N–H and O–H groups in total. The minimum atomic E-state index is -0.447. The fourth-order valence-corrected chi connectivity index (χ4v) is 1.07. The molecule has 0 bridgehead atoms. The Labute approximate surface area is 99.4 Å². The Bertz CT molecular complexity index is 361. The van der Waals surface area contributed by atoms with Gasteiger partial charge in [-0.15, -0.1) is 12.4 Å². The molecule has 1 rings (SSSR count). The second kappa shape index (κ2) is 7.03. The van der Waals surface area contributed by atoms with Crippen molar-refractivity contribution >= 4 is 24.1 Å². The highest BCUT2D eigenvalue weighted by molar-refractivity contribution is 5.85. The fraction of sp³-hybridized carbons (Fsp3) is 0.300. The summed E-state index contributed by atoms with van der Waals surface area (Å²) in [4.78, 5) is 10.8. The average molecular weight is 249 g/mol. The van der Waals surface area contributed by atoms with Gasteiger partial charge >= 0.3 is 5.97 Å². The molecule has 0 aliphatic carbocycles. The molecule has 0 spiro atoms. The second-order valence-corrected chi connectivity index (χ2v) is 2.95. The van der Waals surface area contributed by atoms with Crippen molar-refractivity contribution in [3.05, 3.63) is 29.6 Å². The third-order valence-corrected chi connectivity index (χ3v) is 1.92. The maximum atomic E-state index is 13.3. The Morgan fingerprint density at radius 3 is 2.75 bits per heavy atom. The first kappa shape index (κ1) is 14.7. The van der Waals surface area contributed by atoms with Crippen molar-refractivity contribution in [1.29, 1.82) is 0 Å². The van der Waals surface area contributed by atoms with Crippen LogP contribution in [0, 0.1) is 5.82 Å². The zero-order valence-corrected chi connectivity index (χ0v) is 9.64. The van der Waals surface area contributed by atoms with Crippen LogP contribution in [0.4, 0.5) is 10.1 Å². The van der Waals surface area contributed by atoms with Gasteiger partial charge in [-0.3, -0.25) is 4.79 Å². The van der Waals surface area contributed by atoms with Crippen molar-refractivity contribution < 1.29 is 13.9 Å². The van der Waals surface area contributed by atoms with Gasteiger partial charge in [0.05, 0.1) is 12.8 Å². The van der Waals surface area contributed by atoms with Crippen LogP contribution in [-0.4, -0.2) is 19.6 Å². The summed E-state index contributed by atoms with van der Waals surface area (Å²) in [5.41, 5.74) is 6.32. The summed E-state index contributed by atoms with van der Waals surface area (Å²) in [5, 5.41) is 2.62. The average Bonchev–Trinajstić information content (AvgIpc) is 2.26. The van der Waals surface area contributed by atoms with E-state index in [1.165, 1.54) is 13.2 Å². The lowest BCUT2D eigenvalue weighted by Crippen LogP contribution is -2.15. The number of nitrogens with one attached hydrogen (secondary N) is 1. The molecule has 1 aromatic rings. The Kier molecular flexibility index (Phi) is 6.44. The van der Waals surface area contributed by atoms with Gasteiger partial charge in [-0.25, -0.2) is 4.39 Å². The van der Waals surface area contributed by atoms with E-state index in [0.717, 1.165) is 0 Å². The fourth-order valence-electron chi connectivity index (χ4n) is 1.07. The first-order valence-corrected chi connectivity index (χ1v) is 4.46. The molecule has 0 fully saturated rings. The zero-order chi connectivity index (χ0) is 11.3. The maximum absolute atomic E-state index is 13.3. The van der Waals surface area contributed by atoms with Gasteiger partial charge in [-0.05, 0) is 17.7 Å². The summed E-state index contributed by atoms with van der Waals surface area (Å²) in [6, 6.07) is 4.57.